The lowest BCUT2D eigenvalue weighted by atomic mass is 10.1. The monoisotopic (exact) mass is 322 g/mol. The molecular weight excluding hydrogens is 300 g/mol. The molecule has 1 N–H and O–H groups in total. The second-order valence-electron chi connectivity index (χ2n) is 5.41. The first-order valence-electron chi connectivity index (χ1n) is 8.26. The standard InChI is InChI=1S/C19H22N4O/c1-3-23(4-2)19-21-17(15-9-6-5-7-10-15)13-18(22-19)20-14-16-11-8-12-24-16/h5-13H,3-4,14H2,1-2H3,(H,20,21,22). The van der Waals surface area contributed by atoms with E-state index in [4.69, 9.17) is 9.40 Å². The van der Waals surface area contributed by atoms with Crippen molar-refractivity contribution in [1.29, 1.82) is 0 Å². The predicted molar refractivity (Wildman–Crippen MR) is 97.1 cm³/mol. The largest absolute Gasteiger partial charge is 0.467 e. The molecular formula is C19H22N4O. The average Bonchev–Trinajstić information content (AvgIpc) is 3.15. The van der Waals surface area contributed by atoms with Crippen molar-refractivity contribution < 1.29 is 4.42 Å². The van der Waals surface area contributed by atoms with Crippen LogP contribution in [0.1, 0.15) is 19.6 Å². The molecule has 0 atom stereocenters. The van der Waals surface area contributed by atoms with Gasteiger partial charge in [0.15, 0.2) is 0 Å². The number of benzene rings is 1. The van der Waals surface area contributed by atoms with Crippen LogP contribution >= 0.6 is 0 Å². The lowest BCUT2D eigenvalue weighted by Gasteiger charge is -2.20. The van der Waals surface area contributed by atoms with Crippen molar-refractivity contribution >= 4 is 11.8 Å². The van der Waals surface area contributed by atoms with Crippen molar-refractivity contribution in [2.24, 2.45) is 0 Å². The smallest absolute Gasteiger partial charge is 0.227 e. The van der Waals surface area contributed by atoms with Crippen LogP contribution < -0.4 is 10.2 Å². The van der Waals surface area contributed by atoms with Gasteiger partial charge in [-0.05, 0) is 26.0 Å². The molecule has 5 heteroatoms. The zero-order valence-electron chi connectivity index (χ0n) is 14.1. The summed E-state index contributed by atoms with van der Waals surface area (Å²) in [4.78, 5) is 11.5. The van der Waals surface area contributed by atoms with Gasteiger partial charge >= 0.3 is 0 Å². The highest BCUT2D eigenvalue weighted by atomic mass is 16.3. The molecule has 0 aliphatic heterocycles. The molecule has 1 aromatic carbocycles. The van der Waals surface area contributed by atoms with E-state index in [2.05, 4.69) is 41.2 Å². The SMILES string of the molecule is CCN(CC)c1nc(NCc2ccco2)cc(-c2ccccc2)n1. The fourth-order valence-corrected chi connectivity index (χ4v) is 2.52. The Bertz CT molecular complexity index is 752. The number of hydrogen-bond donors (Lipinski definition) is 1. The van der Waals surface area contributed by atoms with Crippen LogP contribution in [0, 0.1) is 0 Å². The molecule has 0 aliphatic rings. The number of furan rings is 1. The number of rotatable bonds is 7. The number of aromatic nitrogens is 2. The maximum absolute atomic E-state index is 5.37. The van der Waals surface area contributed by atoms with Crippen molar-refractivity contribution in [3.8, 4) is 11.3 Å². The minimum atomic E-state index is 0.593. The van der Waals surface area contributed by atoms with E-state index in [-0.39, 0.29) is 0 Å². The molecule has 3 rings (SSSR count). The molecule has 24 heavy (non-hydrogen) atoms. The predicted octanol–water partition coefficient (Wildman–Crippen LogP) is 4.19. The fourth-order valence-electron chi connectivity index (χ4n) is 2.52. The lowest BCUT2D eigenvalue weighted by Crippen LogP contribution is -2.24. The van der Waals surface area contributed by atoms with Gasteiger partial charge in [0.2, 0.25) is 5.95 Å². The first kappa shape index (κ1) is 16.1. The third-order valence-corrected chi connectivity index (χ3v) is 3.85. The molecule has 0 aliphatic carbocycles. The van der Waals surface area contributed by atoms with Crippen molar-refractivity contribution in [3.63, 3.8) is 0 Å². The fraction of sp³-hybridized carbons (Fsp3) is 0.263. The minimum Gasteiger partial charge on any atom is -0.467 e. The minimum absolute atomic E-state index is 0.593. The summed E-state index contributed by atoms with van der Waals surface area (Å²) < 4.78 is 5.37. The Labute approximate surface area is 142 Å². The highest BCUT2D eigenvalue weighted by Gasteiger charge is 2.11. The lowest BCUT2D eigenvalue weighted by molar-refractivity contribution is 0.518. The molecule has 5 nitrogen and oxygen atoms in total. The summed E-state index contributed by atoms with van der Waals surface area (Å²) in [6.07, 6.45) is 1.67. The van der Waals surface area contributed by atoms with Gasteiger partial charge in [-0.25, -0.2) is 4.98 Å². The second kappa shape index (κ2) is 7.64. The average molecular weight is 322 g/mol. The maximum atomic E-state index is 5.37. The van der Waals surface area contributed by atoms with Crippen LogP contribution in [0.4, 0.5) is 11.8 Å². The normalized spacial score (nSPS) is 10.6. The van der Waals surface area contributed by atoms with E-state index >= 15 is 0 Å². The summed E-state index contributed by atoms with van der Waals surface area (Å²) in [5.41, 5.74) is 1.99. The van der Waals surface area contributed by atoms with Gasteiger partial charge in [0.05, 0.1) is 18.5 Å². The van der Waals surface area contributed by atoms with E-state index in [9.17, 15) is 0 Å². The highest BCUT2D eigenvalue weighted by Crippen LogP contribution is 2.23. The van der Waals surface area contributed by atoms with Gasteiger partial charge in [-0.2, -0.15) is 4.98 Å². The van der Waals surface area contributed by atoms with Crippen LogP contribution in [0.15, 0.2) is 59.2 Å². The van der Waals surface area contributed by atoms with Crippen molar-refractivity contribution in [2.45, 2.75) is 20.4 Å². The van der Waals surface area contributed by atoms with Crippen molar-refractivity contribution in [3.05, 3.63) is 60.6 Å². The third-order valence-electron chi connectivity index (χ3n) is 3.85. The summed E-state index contributed by atoms with van der Waals surface area (Å²) in [5, 5.41) is 3.33. The Morgan fingerprint density at radius 1 is 1.00 bits per heavy atom. The number of nitrogens with one attached hydrogen (secondary N) is 1. The van der Waals surface area contributed by atoms with Gasteiger partial charge in [-0.3, -0.25) is 0 Å². The Balaban J connectivity index is 1.93. The molecule has 2 aromatic heterocycles. The zero-order valence-corrected chi connectivity index (χ0v) is 14.1. The van der Waals surface area contributed by atoms with Crippen molar-refractivity contribution in [1.82, 2.24) is 9.97 Å². The quantitative estimate of drug-likeness (QED) is 0.706. The van der Waals surface area contributed by atoms with Crippen LogP contribution in [-0.2, 0) is 6.54 Å². The zero-order chi connectivity index (χ0) is 16.8. The molecule has 124 valence electrons. The first-order chi connectivity index (χ1) is 11.8. The topological polar surface area (TPSA) is 54.2 Å². The maximum Gasteiger partial charge on any atom is 0.227 e. The molecule has 0 saturated heterocycles. The van der Waals surface area contributed by atoms with E-state index in [0.717, 1.165) is 41.9 Å². The Morgan fingerprint density at radius 3 is 2.46 bits per heavy atom. The molecule has 0 bridgehead atoms. The number of nitrogens with zero attached hydrogens (tertiary/aromatic N) is 3. The molecule has 0 unspecified atom stereocenters. The van der Waals surface area contributed by atoms with Crippen LogP contribution in [0.3, 0.4) is 0 Å². The second-order valence-corrected chi connectivity index (χ2v) is 5.41. The summed E-state index contributed by atoms with van der Waals surface area (Å²) in [7, 11) is 0. The molecule has 0 spiro atoms. The summed E-state index contributed by atoms with van der Waals surface area (Å²) in [5.74, 6) is 2.41. The Morgan fingerprint density at radius 2 is 1.79 bits per heavy atom. The van der Waals surface area contributed by atoms with Gasteiger partial charge in [-0.15, -0.1) is 0 Å². The highest BCUT2D eigenvalue weighted by molar-refractivity contribution is 5.64. The number of anilines is 2. The third kappa shape index (κ3) is 3.74. The summed E-state index contributed by atoms with van der Waals surface area (Å²) in [6.45, 7) is 6.55. The molecule has 3 aromatic rings. The molecule has 0 fully saturated rings. The summed E-state index contributed by atoms with van der Waals surface area (Å²) in [6, 6.07) is 16.0. The van der Waals surface area contributed by atoms with Gasteiger partial charge in [0.1, 0.15) is 11.6 Å². The molecule has 0 radical (unpaired) electrons. The molecule has 2 heterocycles. The Hall–Kier alpha value is -2.82. The van der Waals surface area contributed by atoms with Gasteiger partial charge in [0, 0.05) is 24.7 Å². The van der Waals surface area contributed by atoms with E-state index in [0.29, 0.717) is 6.54 Å². The summed E-state index contributed by atoms with van der Waals surface area (Å²) >= 11 is 0. The van der Waals surface area contributed by atoms with Crippen LogP contribution in [0.25, 0.3) is 11.3 Å². The van der Waals surface area contributed by atoms with Crippen LogP contribution in [0.5, 0.6) is 0 Å². The number of hydrogen-bond acceptors (Lipinski definition) is 5. The van der Waals surface area contributed by atoms with Crippen molar-refractivity contribution in [2.75, 3.05) is 23.3 Å². The molecule has 0 amide bonds. The van der Waals surface area contributed by atoms with Gasteiger partial charge < -0.3 is 14.6 Å². The van der Waals surface area contributed by atoms with E-state index in [1.165, 1.54) is 0 Å². The van der Waals surface area contributed by atoms with E-state index in [1.807, 2.05) is 36.4 Å². The van der Waals surface area contributed by atoms with Crippen LogP contribution in [-0.4, -0.2) is 23.1 Å². The first-order valence-corrected chi connectivity index (χ1v) is 8.26. The van der Waals surface area contributed by atoms with Gasteiger partial charge in [0.25, 0.3) is 0 Å². The van der Waals surface area contributed by atoms with Gasteiger partial charge in [-0.1, -0.05) is 30.3 Å². The van der Waals surface area contributed by atoms with E-state index < -0.39 is 0 Å². The van der Waals surface area contributed by atoms with E-state index in [1.54, 1.807) is 6.26 Å². The molecule has 0 saturated carbocycles. The Kier molecular flexibility index (Phi) is 5.11. The van der Waals surface area contributed by atoms with Crippen LogP contribution in [0.2, 0.25) is 0 Å².